The van der Waals surface area contributed by atoms with Crippen LogP contribution in [0.15, 0.2) is 12.1 Å². The highest BCUT2D eigenvalue weighted by Crippen LogP contribution is 2.29. The van der Waals surface area contributed by atoms with Gasteiger partial charge in [0, 0.05) is 0 Å². The number of nitrogen functional groups attached to an aromatic ring is 1. The molecule has 0 saturated heterocycles. The average Bonchev–Trinajstić information content (AvgIpc) is 2.31. The van der Waals surface area contributed by atoms with Crippen LogP contribution in [-0.4, -0.2) is 29.9 Å². The first-order valence-electron chi connectivity index (χ1n) is 5.53. The van der Waals surface area contributed by atoms with Gasteiger partial charge in [-0.1, -0.05) is 17.7 Å². The molecule has 0 amide bonds. The molecule has 0 spiro atoms. The van der Waals surface area contributed by atoms with E-state index in [9.17, 15) is 10.2 Å². The van der Waals surface area contributed by atoms with Crippen molar-refractivity contribution >= 4 is 17.3 Å². The molecular formula is C12H19ClN2O2. The summed E-state index contributed by atoms with van der Waals surface area (Å²) in [7, 11) is 1.79. The van der Waals surface area contributed by atoms with Crippen LogP contribution in [-0.2, 0) is 0 Å². The molecule has 2 unspecified atom stereocenters. The molecule has 0 aliphatic carbocycles. The third-order valence-electron chi connectivity index (χ3n) is 2.75. The van der Waals surface area contributed by atoms with Crippen molar-refractivity contribution in [2.24, 2.45) is 0 Å². The molecule has 5 heteroatoms. The van der Waals surface area contributed by atoms with E-state index in [0.717, 1.165) is 5.56 Å². The predicted molar refractivity (Wildman–Crippen MR) is 70.1 cm³/mol. The summed E-state index contributed by atoms with van der Waals surface area (Å²) in [4.78, 5) is 0. The molecule has 0 heterocycles. The molecule has 0 bridgehead atoms. The second kappa shape index (κ2) is 6.21. The number of hydrogen-bond acceptors (Lipinski definition) is 4. The van der Waals surface area contributed by atoms with Crippen molar-refractivity contribution in [1.82, 2.24) is 5.32 Å². The third-order valence-corrected chi connectivity index (χ3v) is 3.07. The predicted octanol–water partition coefficient (Wildman–Crippen LogP) is 1.23. The molecule has 1 aromatic rings. The van der Waals surface area contributed by atoms with Gasteiger partial charge in [0.25, 0.3) is 0 Å². The van der Waals surface area contributed by atoms with E-state index < -0.39 is 12.2 Å². The van der Waals surface area contributed by atoms with E-state index in [4.69, 9.17) is 17.3 Å². The Kier molecular flexibility index (Phi) is 5.21. The van der Waals surface area contributed by atoms with E-state index in [-0.39, 0.29) is 0 Å². The molecule has 0 radical (unpaired) electrons. The van der Waals surface area contributed by atoms with Gasteiger partial charge in [-0.25, -0.2) is 0 Å². The number of anilines is 1. The van der Waals surface area contributed by atoms with Crippen molar-refractivity contribution in [2.75, 3.05) is 19.3 Å². The molecule has 5 N–H and O–H groups in total. The van der Waals surface area contributed by atoms with Gasteiger partial charge in [-0.3, -0.25) is 0 Å². The molecule has 2 atom stereocenters. The topological polar surface area (TPSA) is 78.5 Å². The minimum atomic E-state index is -0.944. The van der Waals surface area contributed by atoms with Crippen molar-refractivity contribution in [3.63, 3.8) is 0 Å². The number of nitrogens with one attached hydrogen (secondary N) is 1. The van der Waals surface area contributed by atoms with Crippen LogP contribution in [0.3, 0.4) is 0 Å². The van der Waals surface area contributed by atoms with E-state index in [1.807, 2.05) is 6.92 Å². The maximum absolute atomic E-state index is 9.98. The van der Waals surface area contributed by atoms with Gasteiger partial charge in [-0.2, -0.15) is 0 Å². The Bertz CT molecular complexity index is 362. The molecule has 17 heavy (non-hydrogen) atoms. The zero-order valence-corrected chi connectivity index (χ0v) is 10.8. The molecule has 4 nitrogen and oxygen atoms in total. The Labute approximate surface area is 106 Å². The Morgan fingerprint density at radius 1 is 1.41 bits per heavy atom. The van der Waals surface area contributed by atoms with Crippen molar-refractivity contribution in [1.29, 1.82) is 0 Å². The van der Waals surface area contributed by atoms with Crippen LogP contribution in [0.2, 0.25) is 5.02 Å². The average molecular weight is 259 g/mol. The summed E-state index contributed by atoms with van der Waals surface area (Å²) in [5.41, 5.74) is 7.61. The molecule has 96 valence electrons. The largest absolute Gasteiger partial charge is 0.397 e. The van der Waals surface area contributed by atoms with Crippen LogP contribution in [0.25, 0.3) is 0 Å². The fourth-order valence-electron chi connectivity index (χ4n) is 1.62. The minimum Gasteiger partial charge on any atom is -0.397 e. The standard InChI is InChI=1S/C12H19ClN2O2/c1-7-5-8(6-9(13)11(7)14)12(17)10(16)3-4-15-2/h5-6,10,12,15-17H,3-4,14H2,1-2H3. The van der Waals surface area contributed by atoms with E-state index >= 15 is 0 Å². The summed E-state index contributed by atoms with van der Waals surface area (Å²) in [6.45, 7) is 2.46. The highest BCUT2D eigenvalue weighted by Gasteiger charge is 2.19. The third kappa shape index (κ3) is 3.57. The van der Waals surface area contributed by atoms with Crippen LogP contribution in [0.5, 0.6) is 0 Å². The Balaban J connectivity index is 2.85. The first-order chi connectivity index (χ1) is 7.97. The summed E-state index contributed by atoms with van der Waals surface area (Å²) in [6, 6.07) is 3.34. The zero-order chi connectivity index (χ0) is 13.0. The number of nitrogens with two attached hydrogens (primary N) is 1. The molecular weight excluding hydrogens is 240 g/mol. The van der Waals surface area contributed by atoms with Crippen molar-refractivity contribution in [2.45, 2.75) is 25.6 Å². The van der Waals surface area contributed by atoms with Gasteiger partial charge in [-0.15, -0.1) is 0 Å². The van der Waals surface area contributed by atoms with E-state index in [1.165, 1.54) is 0 Å². The lowest BCUT2D eigenvalue weighted by molar-refractivity contribution is 0.0140. The van der Waals surface area contributed by atoms with Crippen molar-refractivity contribution in [3.8, 4) is 0 Å². The highest BCUT2D eigenvalue weighted by molar-refractivity contribution is 6.33. The summed E-state index contributed by atoms with van der Waals surface area (Å²) in [5, 5.41) is 23.1. The number of aryl methyl sites for hydroxylation is 1. The minimum absolute atomic E-state index is 0.403. The molecule has 1 aromatic carbocycles. The quantitative estimate of drug-likeness (QED) is 0.599. The monoisotopic (exact) mass is 258 g/mol. The van der Waals surface area contributed by atoms with Crippen LogP contribution >= 0.6 is 11.6 Å². The first kappa shape index (κ1) is 14.3. The second-order valence-electron chi connectivity index (χ2n) is 4.14. The molecule has 0 aliphatic rings. The number of hydrogen-bond donors (Lipinski definition) is 4. The summed E-state index contributed by atoms with van der Waals surface area (Å²) in [5.74, 6) is 0. The summed E-state index contributed by atoms with van der Waals surface area (Å²) in [6.07, 6.45) is -1.29. The number of aliphatic hydroxyl groups is 2. The Morgan fingerprint density at radius 3 is 2.59 bits per heavy atom. The maximum atomic E-state index is 9.98. The number of benzene rings is 1. The van der Waals surface area contributed by atoms with Crippen molar-refractivity contribution < 1.29 is 10.2 Å². The zero-order valence-electron chi connectivity index (χ0n) is 10.1. The molecule has 0 saturated carbocycles. The normalized spacial score (nSPS) is 14.6. The van der Waals surface area contributed by atoms with Gasteiger partial charge in [0.05, 0.1) is 16.8 Å². The second-order valence-corrected chi connectivity index (χ2v) is 4.54. The number of halogens is 1. The van der Waals surface area contributed by atoms with E-state index in [2.05, 4.69) is 5.32 Å². The summed E-state index contributed by atoms with van der Waals surface area (Å²) < 4.78 is 0. The number of rotatable bonds is 5. The molecule has 0 aliphatic heterocycles. The molecule has 0 aromatic heterocycles. The van der Waals surface area contributed by atoms with Crippen LogP contribution in [0.4, 0.5) is 5.69 Å². The first-order valence-corrected chi connectivity index (χ1v) is 5.91. The van der Waals surface area contributed by atoms with E-state index in [1.54, 1.807) is 19.2 Å². The van der Waals surface area contributed by atoms with Crippen LogP contribution < -0.4 is 11.1 Å². The SMILES string of the molecule is CNCCC(O)C(O)c1cc(C)c(N)c(Cl)c1. The van der Waals surface area contributed by atoms with Gasteiger partial charge < -0.3 is 21.3 Å². The Hall–Kier alpha value is -0.810. The molecule has 0 fully saturated rings. The van der Waals surface area contributed by atoms with Gasteiger partial charge in [0.2, 0.25) is 0 Å². The lowest BCUT2D eigenvalue weighted by atomic mass is 9.99. The van der Waals surface area contributed by atoms with Crippen molar-refractivity contribution in [3.05, 3.63) is 28.3 Å². The maximum Gasteiger partial charge on any atom is 0.105 e. The lowest BCUT2D eigenvalue weighted by Crippen LogP contribution is -2.23. The fourth-order valence-corrected chi connectivity index (χ4v) is 1.90. The van der Waals surface area contributed by atoms with Gasteiger partial charge in [-0.05, 0) is 44.1 Å². The fraction of sp³-hybridized carbons (Fsp3) is 0.500. The molecule has 1 rings (SSSR count). The van der Waals surface area contributed by atoms with Gasteiger partial charge >= 0.3 is 0 Å². The van der Waals surface area contributed by atoms with Gasteiger partial charge in [0.1, 0.15) is 6.10 Å². The Morgan fingerprint density at radius 2 is 2.06 bits per heavy atom. The van der Waals surface area contributed by atoms with Crippen LogP contribution in [0.1, 0.15) is 23.7 Å². The van der Waals surface area contributed by atoms with E-state index in [0.29, 0.717) is 29.2 Å². The van der Waals surface area contributed by atoms with Crippen LogP contribution in [0, 0.1) is 6.92 Å². The van der Waals surface area contributed by atoms with Gasteiger partial charge in [0.15, 0.2) is 0 Å². The lowest BCUT2D eigenvalue weighted by Gasteiger charge is -2.19. The smallest absolute Gasteiger partial charge is 0.105 e. The number of aliphatic hydroxyl groups excluding tert-OH is 2. The highest BCUT2D eigenvalue weighted by atomic mass is 35.5. The summed E-state index contributed by atoms with van der Waals surface area (Å²) >= 11 is 5.94.